The number of sulfonamides is 1. The Morgan fingerprint density at radius 3 is 2.70 bits per heavy atom. The Hall–Kier alpha value is -2.25. The average molecular weight is 291 g/mol. The fourth-order valence-electron chi connectivity index (χ4n) is 1.55. The summed E-state index contributed by atoms with van der Waals surface area (Å²) in [5, 5.41) is 10.7. The van der Waals surface area contributed by atoms with Gasteiger partial charge in [0.2, 0.25) is 10.0 Å². The first kappa shape index (κ1) is 14.2. The van der Waals surface area contributed by atoms with Crippen molar-refractivity contribution in [1.82, 2.24) is 9.71 Å². The molecule has 0 radical (unpaired) electrons. The molecular weight excluding hydrogens is 280 g/mol. The standard InChI is InChI=1S/C13H12N2O4S/c16-13(17)11-4-1-5-12(7-11)20(18,19)15-9-10-3-2-6-14-8-10/h1-8,15H,9H2,(H,16,17)/p-1. The lowest BCUT2D eigenvalue weighted by molar-refractivity contribution is -0.255. The van der Waals surface area contributed by atoms with Gasteiger partial charge >= 0.3 is 0 Å². The third-order valence-corrected chi connectivity index (χ3v) is 3.97. The molecule has 0 atom stereocenters. The number of carboxylic acid groups (broad SMARTS) is 1. The molecule has 0 amide bonds. The van der Waals surface area contributed by atoms with Crippen molar-refractivity contribution < 1.29 is 18.3 Å². The van der Waals surface area contributed by atoms with Crippen LogP contribution in [0.1, 0.15) is 15.9 Å². The summed E-state index contributed by atoms with van der Waals surface area (Å²) < 4.78 is 26.4. The Bertz CT molecular complexity index is 714. The fraction of sp³-hybridized carbons (Fsp3) is 0.0769. The largest absolute Gasteiger partial charge is 0.545 e. The van der Waals surface area contributed by atoms with Gasteiger partial charge in [-0.3, -0.25) is 4.98 Å². The zero-order valence-electron chi connectivity index (χ0n) is 10.3. The summed E-state index contributed by atoms with van der Waals surface area (Å²) in [5.41, 5.74) is 0.515. The number of nitrogens with zero attached hydrogens (tertiary/aromatic N) is 1. The molecule has 0 bridgehead atoms. The molecule has 7 heteroatoms. The van der Waals surface area contributed by atoms with Gasteiger partial charge in [0.05, 0.1) is 10.9 Å². The van der Waals surface area contributed by atoms with Crippen molar-refractivity contribution in [2.45, 2.75) is 11.4 Å². The normalized spacial score (nSPS) is 11.2. The number of carbonyl (C=O) groups is 1. The maximum Gasteiger partial charge on any atom is 0.240 e. The molecule has 1 aromatic heterocycles. The summed E-state index contributed by atoms with van der Waals surface area (Å²) >= 11 is 0. The van der Waals surface area contributed by atoms with E-state index in [1.54, 1.807) is 24.5 Å². The van der Waals surface area contributed by atoms with E-state index in [0.717, 1.165) is 6.07 Å². The molecule has 0 saturated carbocycles. The number of aromatic nitrogens is 1. The van der Waals surface area contributed by atoms with Gasteiger partial charge in [-0.1, -0.05) is 18.2 Å². The molecule has 0 unspecified atom stereocenters. The maximum absolute atomic E-state index is 12.0. The highest BCUT2D eigenvalue weighted by molar-refractivity contribution is 7.89. The van der Waals surface area contributed by atoms with Gasteiger partial charge in [0.25, 0.3) is 0 Å². The molecule has 0 fully saturated rings. The summed E-state index contributed by atoms with van der Waals surface area (Å²) in [5.74, 6) is -1.42. The van der Waals surface area contributed by atoms with E-state index in [9.17, 15) is 18.3 Å². The zero-order valence-corrected chi connectivity index (χ0v) is 11.1. The number of aromatic carboxylic acids is 1. The van der Waals surface area contributed by atoms with Gasteiger partial charge < -0.3 is 9.90 Å². The first-order valence-electron chi connectivity index (χ1n) is 5.69. The topological polar surface area (TPSA) is 99.2 Å². The van der Waals surface area contributed by atoms with Gasteiger partial charge in [-0.2, -0.15) is 0 Å². The summed E-state index contributed by atoms with van der Waals surface area (Å²) in [4.78, 5) is 14.5. The molecular formula is C13H11N2O4S-. The van der Waals surface area contributed by atoms with Crippen LogP contribution >= 0.6 is 0 Å². The van der Waals surface area contributed by atoms with Crippen molar-refractivity contribution in [3.63, 3.8) is 0 Å². The van der Waals surface area contributed by atoms with Gasteiger partial charge in [0.15, 0.2) is 0 Å². The molecule has 0 aliphatic carbocycles. The van der Waals surface area contributed by atoms with Crippen molar-refractivity contribution >= 4 is 16.0 Å². The number of rotatable bonds is 5. The predicted molar refractivity (Wildman–Crippen MR) is 69.0 cm³/mol. The first-order valence-corrected chi connectivity index (χ1v) is 7.17. The second kappa shape index (κ2) is 5.81. The molecule has 2 aromatic rings. The highest BCUT2D eigenvalue weighted by Crippen LogP contribution is 2.11. The van der Waals surface area contributed by atoms with Gasteiger partial charge in [0, 0.05) is 18.9 Å². The molecule has 0 spiro atoms. The van der Waals surface area contributed by atoms with Crippen molar-refractivity contribution in [3.8, 4) is 0 Å². The van der Waals surface area contributed by atoms with E-state index in [2.05, 4.69) is 9.71 Å². The summed E-state index contributed by atoms with van der Waals surface area (Å²) in [7, 11) is -3.78. The van der Waals surface area contributed by atoms with Gasteiger partial charge in [-0.05, 0) is 29.3 Å². The van der Waals surface area contributed by atoms with Crippen molar-refractivity contribution in [2.75, 3.05) is 0 Å². The number of hydrogen-bond acceptors (Lipinski definition) is 5. The van der Waals surface area contributed by atoms with E-state index in [0.29, 0.717) is 5.56 Å². The Labute approximate surface area is 116 Å². The molecule has 1 aromatic carbocycles. The minimum atomic E-state index is -3.78. The quantitative estimate of drug-likeness (QED) is 0.831. The second-order valence-electron chi connectivity index (χ2n) is 4.00. The third-order valence-electron chi connectivity index (χ3n) is 2.57. The number of hydrogen-bond donors (Lipinski definition) is 1. The van der Waals surface area contributed by atoms with E-state index >= 15 is 0 Å². The molecule has 1 N–H and O–H groups in total. The molecule has 0 aliphatic heterocycles. The lowest BCUT2D eigenvalue weighted by atomic mass is 10.2. The number of nitrogens with one attached hydrogen (secondary N) is 1. The monoisotopic (exact) mass is 291 g/mol. The SMILES string of the molecule is O=C([O-])c1cccc(S(=O)(=O)NCc2cccnc2)c1. The van der Waals surface area contributed by atoms with Crippen molar-refractivity contribution in [2.24, 2.45) is 0 Å². The number of pyridine rings is 1. The minimum Gasteiger partial charge on any atom is -0.545 e. The molecule has 0 aliphatic rings. The van der Waals surface area contributed by atoms with Gasteiger partial charge in [-0.25, -0.2) is 13.1 Å². The van der Waals surface area contributed by atoms with Crippen LogP contribution in [-0.4, -0.2) is 19.4 Å². The molecule has 20 heavy (non-hydrogen) atoms. The lowest BCUT2D eigenvalue weighted by Crippen LogP contribution is -2.25. The number of carbonyl (C=O) groups excluding carboxylic acids is 1. The summed E-state index contributed by atoms with van der Waals surface area (Å²) in [6.07, 6.45) is 3.13. The predicted octanol–water partition coefficient (Wildman–Crippen LogP) is -0.0764. The second-order valence-corrected chi connectivity index (χ2v) is 5.77. The molecule has 6 nitrogen and oxygen atoms in total. The van der Waals surface area contributed by atoms with E-state index in [1.807, 2.05) is 0 Å². The van der Waals surface area contributed by atoms with E-state index < -0.39 is 16.0 Å². The van der Waals surface area contributed by atoms with Crippen molar-refractivity contribution in [1.29, 1.82) is 0 Å². The number of carboxylic acids is 1. The molecule has 104 valence electrons. The Morgan fingerprint density at radius 1 is 1.25 bits per heavy atom. The zero-order chi connectivity index (χ0) is 14.6. The van der Waals surface area contributed by atoms with Crippen LogP contribution in [0.4, 0.5) is 0 Å². The van der Waals surface area contributed by atoms with Crippen LogP contribution in [0.15, 0.2) is 53.7 Å². The molecule has 0 saturated heterocycles. The summed E-state index contributed by atoms with van der Waals surface area (Å²) in [6.45, 7) is 0.0751. The van der Waals surface area contributed by atoms with Crippen LogP contribution in [0.25, 0.3) is 0 Å². The van der Waals surface area contributed by atoms with Gasteiger partial charge in [-0.15, -0.1) is 0 Å². The van der Waals surface area contributed by atoms with E-state index in [-0.39, 0.29) is 17.0 Å². The van der Waals surface area contributed by atoms with Crippen LogP contribution in [0.3, 0.4) is 0 Å². The van der Waals surface area contributed by atoms with E-state index in [1.165, 1.54) is 18.2 Å². The molecule has 2 rings (SSSR count). The van der Waals surface area contributed by atoms with Crippen molar-refractivity contribution in [3.05, 3.63) is 59.9 Å². The van der Waals surface area contributed by atoms with Crippen LogP contribution in [0.2, 0.25) is 0 Å². The van der Waals surface area contributed by atoms with Crippen LogP contribution < -0.4 is 9.83 Å². The highest BCUT2D eigenvalue weighted by atomic mass is 32.2. The maximum atomic E-state index is 12.0. The third kappa shape index (κ3) is 3.40. The summed E-state index contributed by atoms with van der Waals surface area (Å²) in [6, 6.07) is 8.42. The van der Waals surface area contributed by atoms with E-state index in [4.69, 9.17) is 0 Å². The first-order chi connectivity index (χ1) is 9.49. The fourth-order valence-corrected chi connectivity index (χ4v) is 2.62. The smallest absolute Gasteiger partial charge is 0.240 e. The van der Waals surface area contributed by atoms with Crippen LogP contribution in [0, 0.1) is 0 Å². The average Bonchev–Trinajstić information content (AvgIpc) is 2.46. The minimum absolute atomic E-state index is 0.0751. The Morgan fingerprint density at radius 2 is 2.05 bits per heavy atom. The van der Waals surface area contributed by atoms with Gasteiger partial charge in [0.1, 0.15) is 0 Å². The Balaban J connectivity index is 2.18. The highest BCUT2D eigenvalue weighted by Gasteiger charge is 2.14. The Kier molecular flexibility index (Phi) is 4.11. The number of benzene rings is 1. The van der Waals surface area contributed by atoms with Crippen LogP contribution in [-0.2, 0) is 16.6 Å². The molecule has 1 heterocycles. The lowest BCUT2D eigenvalue weighted by Gasteiger charge is -2.08. The van der Waals surface area contributed by atoms with Crippen LogP contribution in [0.5, 0.6) is 0 Å².